The number of nitrogens with two attached hydrogens (primary N) is 1. The summed E-state index contributed by atoms with van der Waals surface area (Å²) >= 11 is 11.7. The summed E-state index contributed by atoms with van der Waals surface area (Å²) in [6.45, 7) is 3.53. The molecule has 0 fully saturated rings. The predicted molar refractivity (Wildman–Crippen MR) is 70.4 cm³/mol. The van der Waals surface area contributed by atoms with Crippen molar-refractivity contribution in [1.29, 1.82) is 0 Å². The van der Waals surface area contributed by atoms with Crippen molar-refractivity contribution in [3.63, 3.8) is 0 Å². The number of hydrogen-bond acceptors (Lipinski definition) is 3. The third-order valence-corrected chi connectivity index (χ3v) is 2.51. The number of Topliss-reactive ketones (excluding diaryl/α,β-unsaturated/α-hetero) is 1. The zero-order chi connectivity index (χ0) is 12.8. The van der Waals surface area contributed by atoms with Gasteiger partial charge in [-0.2, -0.15) is 5.10 Å². The van der Waals surface area contributed by atoms with Gasteiger partial charge in [0.25, 0.3) is 0 Å². The minimum Gasteiger partial charge on any atom is -0.388 e. The highest BCUT2D eigenvalue weighted by Gasteiger charge is 2.12. The molecule has 17 heavy (non-hydrogen) atoms. The van der Waals surface area contributed by atoms with Crippen LogP contribution in [-0.2, 0) is 0 Å². The lowest BCUT2D eigenvalue weighted by molar-refractivity contribution is 0.0957. The van der Waals surface area contributed by atoms with Gasteiger partial charge in [0.1, 0.15) is 12.9 Å². The van der Waals surface area contributed by atoms with E-state index in [0.717, 1.165) is 6.34 Å². The van der Waals surface area contributed by atoms with Crippen molar-refractivity contribution in [3.8, 4) is 0 Å². The number of halogens is 2. The number of carbonyl (C=O) groups is 1. The van der Waals surface area contributed by atoms with Crippen molar-refractivity contribution in [2.75, 3.05) is 6.54 Å². The highest BCUT2D eigenvalue weighted by molar-refractivity contribution is 6.36. The van der Waals surface area contributed by atoms with Crippen LogP contribution in [0, 0.1) is 0 Å². The molecule has 0 aliphatic rings. The predicted octanol–water partition coefficient (Wildman–Crippen LogP) is 2.52. The smallest absolute Gasteiger partial charge is 0.185 e. The van der Waals surface area contributed by atoms with E-state index < -0.39 is 0 Å². The van der Waals surface area contributed by atoms with Crippen molar-refractivity contribution < 1.29 is 4.79 Å². The fourth-order valence-electron chi connectivity index (χ4n) is 1.19. The van der Waals surface area contributed by atoms with Gasteiger partial charge in [0.15, 0.2) is 5.78 Å². The van der Waals surface area contributed by atoms with Gasteiger partial charge in [0.05, 0.1) is 5.02 Å². The van der Waals surface area contributed by atoms with E-state index in [4.69, 9.17) is 28.9 Å². The Hall–Kier alpha value is -1.52. The molecule has 1 aromatic rings. The number of rotatable bonds is 5. The maximum Gasteiger partial charge on any atom is 0.185 e. The molecule has 0 amide bonds. The van der Waals surface area contributed by atoms with Gasteiger partial charge in [0, 0.05) is 16.8 Å². The number of hydrogen-bond donors (Lipinski definition) is 1. The SMILES string of the molecule is C=CN(CC(=O)c1ccc(Cl)cc1Cl)/N=C\N. The fraction of sp³-hybridized carbons (Fsp3) is 0.0909. The Morgan fingerprint density at radius 1 is 1.53 bits per heavy atom. The first-order valence-corrected chi connectivity index (χ1v) is 5.45. The number of hydrazone groups is 1. The lowest BCUT2D eigenvalue weighted by Gasteiger charge is -2.12. The second kappa shape index (κ2) is 6.27. The summed E-state index contributed by atoms with van der Waals surface area (Å²) in [6.07, 6.45) is 2.48. The van der Waals surface area contributed by atoms with Crippen molar-refractivity contribution >= 4 is 35.3 Å². The van der Waals surface area contributed by atoms with Crippen LogP contribution in [0.15, 0.2) is 36.1 Å². The molecule has 1 rings (SSSR count). The first-order chi connectivity index (χ1) is 8.08. The molecular formula is C11H11Cl2N3O. The molecule has 0 aromatic heterocycles. The van der Waals surface area contributed by atoms with Crippen LogP contribution in [0.25, 0.3) is 0 Å². The van der Waals surface area contributed by atoms with Crippen LogP contribution in [0.3, 0.4) is 0 Å². The molecule has 4 nitrogen and oxygen atoms in total. The molecule has 0 unspecified atom stereocenters. The van der Waals surface area contributed by atoms with Crippen molar-refractivity contribution in [2.24, 2.45) is 10.8 Å². The topological polar surface area (TPSA) is 58.7 Å². The van der Waals surface area contributed by atoms with E-state index >= 15 is 0 Å². The van der Waals surface area contributed by atoms with Crippen LogP contribution in [0.2, 0.25) is 10.0 Å². The second-order valence-corrected chi connectivity index (χ2v) is 3.94. The van der Waals surface area contributed by atoms with Crippen molar-refractivity contribution in [1.82, 2.24) is 5.01 Å². The monoisotopic (exact) mass is 271 g/mol. The molecule has 90 valence electrons. The highest BCUT2D eigenvalue weighted by Crippen LogP contribution is 2.21. The molecule has 0 heterocycles. The number of ketones is 1. The third-order valence-electron chi connectivity index (χ3n) is 1.96. The standard InChI is InChI=1S/C11H11Cl2N3O/c1-2-16(15-7-14)6-11(17)9-4-3-8(12)5-10(9)13/h2-5,7H,1,6H2,(H2,14,15). The average Bonchev–Trinajstić information content (AvgIpc) is 2.28. The Labute approximate surface area is 109 Å². The summed E-state index contributed by atoms with van der Waals surface area (Å²) in [5.74, 6) is -0.197. The fourth-order valence-corrected chi connectivity index (χ4v) is 1.70. The maximum atomic E-state index is 11.9. The van der Waals surface area contributed by atoms with Gasteiger partial charge in [-0.3, -0.25) is 9.80 Å². The van der Waals surface area contributed by atoms with Gasteiger partial charge < -0.3 is 5.73 Å². The number of nitrogens with zero attached hydrogens (tertiary/aromatic N) is 2. The Balaban J connectivity index is 2.86. The summed E-state index contributed by atoms with van der Waals surface area (Å²) in [5.41, 5.74) is 5.52. The molecule has 0 aliphatic heterocycles. The molecule has 1 aromatic carbocycles. The van der Waals surface area contributed by atoms with Gasteiger partial charge in [-0.1, -0.05) is 29.8 Å². The van der Waals surface area contributed by atoms with E-state index in [-0.39, 0.29) is 12.3 Å². The highest BCUT2D eigenvalue weighted by atomic mass is 35.5. The minimum atomic E-state index is -0.197. The normalized spacial score (nSPS) is 10.5. The van der Waals surface area contributed by atoms with Crippen LogP contribution in [0.1, 0.15) is 10.4 Å². The molecule has 0 spiro atoms. The van der Waals surface area contributed by atoms with E-state index in [0.29, 0.717) is 15.6 Å². The third kappa shape index (κ3) is 3.76. The molecule has 2 N–H and O–H groups in total. The van der Waals surface area contributed by atoms with Gasteiger partial charge >= 0.3 is 0 Å². The van der Waals surface area contributed by atoms with E-state index in [1.807, 2.05) is 0 Å². The molecule has 6 heteroatoms. The van der Waals surface area contributed by atoms with Crippen LogP contribution in [0.4, 0.5) is 0 Å². The molecule has 0 saturated heterocycles. The van der Waals surface area contributed by atoms with Crippen LogP contribution in [0.5, 0.6) is 0 Å². The van der Waals surface area contributed by atoms with Gasteiger partial charge in [-0.25, -0.2) is 0 Å². The van der Waals surface area contributed by atoms with Crippen molar-refractivity contribution in [2.45, 2.75) is 0 Å². The zero-order valence-corrected chi connectivity index (χ0v) is 10.4. The Kier molecular flexibility index (Phi) is 5.00. The summed E-state index contributed by atoms with van der Waals surface area (Å²) in [4.78, 5) is 11.9. The van der Waals surface area contributed by atoms with Crippen LogP contribution >= 0.6 is 23.2 Å². The largest absolute Gasteiger partial charge is 0.388 e. The second-order valence-electron chi connectivity index (χ2n) is 3.09. The van der Waals surface area contributed by atoms with Gasteiger partial charge in [0.2, 0.25) is 0 Å². The molecular weight excluding hydrogens is 261 g/mol. The lowest BCUT2D eigenvalue weighted by atomic mass is 10.1. The molecule has 0 radical (unpaired) electrons. The summed E-state index contributed by atoms with van der Waals surface area (Å²) in [6, 6.07) is 4.69. The van der Waals surface area contributed by atoms with E-state index in [1.165, 1.54) is 17.3 Å². The van der Waals surface area contributed by atoms with Crippen molar-refractivity contribution in [3.05, 3.63) is 46.6 Å². The maximum absolute atomic E-state index is 11.9. The molecule has 0 atom stereocenters. The average molecular weight is 272 g/mol. The van der Waals surface area contributed by atoms with Crippen LogP contribution in [-0.4, -0.2) is 23.7 Å². The summed E-state index contributed by atoms with van der Waals surface area (Å²) < 4.78 is 0. The van der Waals surface area contributed by atoms with E-state index in [9.17, 15) is 4.79 Å². The Morgan fingerprint density at radius 3 is 2.76 bits per heavy atom. The van der Waals surface area contributed by atoms with Gasteiger partial charge in [-0.05, 0) is 18.2 Å². The van der Waals surface area contributed by atoms with Gasteiger partial charge in [-0.15, -0.1) is 0 Å². The zero-order valence-electron chi connectivity index (χ0n) is 8.94. The minimum absolute atomic E-state index is 0.0125. The molecule has 0 saturated carbocycles. The number of benzene rings is 1. The number of carbonyl (C=O) groups excluding carboxylic acids is 1. The quantitative estimate of drug-likeness (QED) is 0.388. The Bertz CT molecular complexity index is 460. The van der Waals surface area contributed by atoms with E-state index in [2.05, 4.69) is 11.7 Å². The van der Waals surface area contributed by atoms with E-state index in [1.54, 1.807) is 12.1 Å². The lowest BCUT2D eigenvalue weighted by Crippen LogP contribution is -2.21. The van der Waals surface area contributed by atoms with Crippen LogP contribution < -0.4 is 5.73 Å². The molecule has 0 aliphatic carbocycles. The first-order valence-electron chi connectivity index (χ1n) is 4.70. The molecule has 0 bridgehead atoms. The Morgan fingerprint density at radius 2 is 2.24 bits per heavy atom. The summed E-state index contributed by atoms with van der Waals surface area (Å²) in [7, 11) is 0. The first kappa shape index (κ1) is 13.5. The summed E-state index contributed by atoms with van der Waals surface area (Å²) in [5, 5.41) is 5.83.